The van der Waals surface area contributed by atoms with Gasteiger partial charge in [-0.1, -0.05) is 0 Å². The summed E-state index contributed by atoms with van der Waals surface area (Å²) in [6, 6.07) is 2.48. The van der Waals surface area contributed by atoms with Crippen molar-refractivity contribution in [2.45, 2.75) is 32.1 Å². The van der Waals surface area contributed by atoms with Gasteiger partial charge in [0.15, 0.2) is 0 Å². The van der Waals surface area contributed by atoms with E-state index in [2.05, 4.69) is 6.07 Å². The molecule has 2 aliphatic heterocycles. The van der Waals surface area contributed by atoms with Gasteiger partial charge < -0.3 is 9.80 Å². The quantitative estimate of drug-likeness (QED) is 0.626. The number of hydrogen-bond acceptors (Lipinski definition) is 2. The SMILES string of the molecule is N#CC1CCN(C(=O)N2CCCCC2)CC1. The second kappa shape index (κ2) is 5.20. The van der Waals surface area contributed by atoms with Gasteiger partial charge in [-0.3, -0.25) is 0 Å². The van der Waals surface area contributed by atoms with Crippen LogP contribution in [0.5, 0.6) is 0 Å². The van der Waals surface area contributed by atoms with Crippen LogP contribution in [0.15, 0.2) is 0 Å². The Labute approximate surface area is 96.8 Å². The molecule has 0 aliphatic carbocycles. The van der Waals surface area contributed by atoms with Crippen LogP contribution in [0.25, 0.3) is 0 Å². The number of urea groups is 1. The van der Waals surface area contributed by atoms with Gasteiger partial charge in [0, 0.05) is 32.1 Å². The maximum absolute atomic E-state index is 12.1. The standard InChI is InChI=1S/C12H19N3O/c13-10-11-4-8-15(9-5-11)12(16)14-6-2-1-3-7-14/h11H,1-9H2. The van der Waals surface area contributed by atoms with E-state index in [0.717, 1.165) is 51.9 Å². The average molecular weight is 221 g/mol. The van der Waals surface area contributed by atoms with Gasteiger partial charge in [-0.25, -0.2) is 4.79 Å². The van der Waals surface area contributed by atoms with Crippen molar-refractivity contribution in [3.8, 4) is 6.07 Å². The zero-order valence-electron chi connectivity index (χ0n) is 9.69. The second-order valence-corrected chi connectivity index (χ2v) is 4.72. The van der Waals surface area contributed by atoms with Gasteiger partial charge in [0.1, 0.15) is 0 Å². The third-order valence-corrected chi connectivity index (χ3v) is 3.57. The molecule has 0 N–H and O–H groups in total. The van der Waals surface area contributed by atoms with E-state index in [0.29, 0.717) is 0 Å². The predicted molar refractivity (Wildman–Crippen MR) is 60.7 cm³/mol. The minimum Gasteiger partial charge on any atom is -0.325 e. The highest BCUT2D eigenvalue weighted by Crippen LogP contribution is 2.19. The minimum atomic E-state index is 0.158. The van der Waals surface area contributed by atoms with Crippen molar-refractivity contribution in [2.24, 2.45) is 5.92 Å². The van der Waals surface area contributed by atoms with Crippen molar-refractivity contribution in [2.75, 3.05) is 26.2 Å². The highest BCUT2D eigenvalue weighted by atomic mass is 16.2. The Hall–Kier alpha value is -1.24. The third-order valence-electron chi connectivity index (χ3n) is 3.57. The van der Waals surface area contributed by atoms with Gasteiger partial charge in [-0.2, -0.15) is 5.26 Å². The molecule has 0 aromatic carbocycles. The number of hydrogen-bond donors (Lipinski definition) is 0. The van der Waals surface area contributed by atoms with Gasteiger partial charge in [0.05, 0.1) is 6.07 Å². The number of likely N-dealkylation sites (tertiary alicyclic amines) is 2. The smallest absolute Gasteiger partial charge is 0.319 e. The van der Waals surface area contributed by atoms with Gasteiger partial charge >= 0.3 is 6.03 Å². The Kier molecular flexibility index (Phi) is 3.66. The third kappa shape index (κ3) is 2.46. The van der Waals surface area contributed by atoms with E-state index in [4.69, 9.17) is 5.26 Å². The molecule has 4 nitrogen and oxygen atoms in total. The fraction of sp³-hybridized carbons (Fsp3) is 0.833. The lowest BCUT2D eigenvalue weighted by Gasteiger charge is -2.35. The Morgan fingerprint density at radius 3 is 2.12 bits per heavy atom. The fourth-order valence-corrected chi connectivity index (χ4v) is 2.49. The molecule has 16 heavy (non-hydrogen) atoms. The summed E-state index contributed by atoms with van der Waals surface area (Å²) >= 11 is 0. The molecule has 2 heterocycles. The molecular formula is C12H19N3O. The normalized spacial score (nSPS) is 22.9. The van der Waals surface area contributed by atoms with Crippen LogP contribution < -0.4 is 0 Å². The van der Waals surface area contributed by atoms with Crippen LogP contribution in [0, 0.1) is 17.2 Å². The summed E-state index contributed by atoms with van der Waals surface area (Å²) in [5, 5.41) is 8.80. The van der Waals surface area contributed by atoms with Crippen molar-refractivity contribution in [3.05, 3.63) is 0 Å². The van der Waals surface area contributed by atoms with Gasteiger partial charge in [-0.05, 0) is 32.1 Å². The van der Waals surface area contributed by atoms with E-state index in [9.17, 15) is 4.79 Å². The molecule has 88 valence electrons. The fourth-order valence-electron chi connectivity index (χ4n) is 2.49. The number of amides is 2. The zero-order valence-corrected chi connectivity index (χ0v) is 9.69. The number of carbonyl (C=O) groups excluding carboxylic acids is 1. The Balaban J connectivity index is 1.84. The first-order chi connectivity index (χ1) is 7.81. The molecule has 0 atom stereocenters. The van der Waals surface area contributed by atoms with Crippen LogP contribution in [-0.2, 0) is 0 Å². The van der Waals surface area contributed by atoms with Gasteiger partial charge in [-0.15, -0.1) is 0 Å². The summed E-state index contributed by atoms with van der Waals surface area (Å²) in [6.07, 6.45) is 5.22. The molecule has 2 amide bonds. The van der Waals surface area contributed by atoms with Crippen molar-refractivity contribution in [3.63, 3.8) is 0 Å². The molecule has 4 heteroatoms. The maximum Gasteiger partial charge on any atom is 0.319 e. The van der Waals surface area contributed by atoms with Crippen LogP contribution in [0.4, 0.5) is 4.79 Å². The first-order valence-electron chi connectivity index (χ1n) is 6.25. The molecule has 0 bridgehead atoms. The number of nitriles is 1. The second-order valence-electron chi connectivity index (χ2n) is 4.72. The van der Waals surface area contributed by atoms with Crippen molar-refractivity contribution < 1.29 is 4.79 Å². The first kappa shape index (κ1) is 11.3. The summed E-state index contributed by atoms with van der Waals surface area (Å²) in [4.78, 5) is 16.0. The van der Waals surface area contributed by atoms with E-state index in [1.54, 1.807) is 0 Å². The minimum absolute atomic E-state index is 0.158. The summed E-state index contributed by atoms with van der Waals surface area (Å²) < 4.78 is 0. The lowest BCUT2D eigenvalue weighted by atomic mass is 9.99. The number of nitrogens with zero attached hydrogens (tertiary/aromatic N) is 3. The molecule has 0 unspecified atom stereocenters. The molecule has 0 aromatic heterocycles. The van der Waals surface area contributed by atoms with E-state index in [1.807, 2.05) is 9.80 Å². The summed E-state index contributed by atoms with van der Waals surface area (Å²) in [6.45, 7) is 3.34. The molecule has 0 saturated carbocycles. The Bertz CT molecular complexity index is 283. The molecule has 2 saturated heterocycles. The van der Waals surface area contributed by atoms with Gasteiger partial charge in [0.2, 0.25) is 0 Å². The maximum atomic E-state index is 12.1. The monoisotopic (exact) mass is 221 g/mol. The largest absolute Gasteiger partial charge is 0.325 e. The van der Waals surface area contributed by atoms with Crippen LogP contribution in [0.1, 0.15) is 32.1 Å². The highest BCUT2D eigenvalue weighted by Gasteiger charge is 2.26. The summed E-state index contributed by atoms with van der Waals surface area (Å²) in [5.74, 6) is 0.158. The number of rotatable bonds is 0. The Morgan fingerprint density at radius 1 is 1.00 bits per heavy atom. The van der Waals surface area contributed by atoms with Crippen LogP contribution in [-0.4, -0.2) is 42.0 Å². The van der Waals surface area contributed by atoms with Crippen molar-refractivity contribution in [1.29, 1.82) is 5.26 Å². The average Bonchev–Trinajstić information content (AvgIpc) is 2.39. The van der Waals surface area contributed by atoms with E-state index < -0.39 is 0 Å². The molecular weight excluding hydrogens is 202 g/mol. The molecule has 2 aliphatic rings. The zero-order chi connectivity index (χ0) is 11.4. The van der Waals surface area contributed by atoms with E-state index in [-0.39, 0.29) is 11.9 Å². The predicted octanol–water partition coefficient (Wildman–Crippen LogP) is 1.83. The lowest BCUT2D eigenvalue weighted by Crippen LogP contribution is -2.48. The van der Waals surface area contributed by atoms with Crippen LogP contribution in [0.2, 0.25) is 0 Å². The highest BCUT2D eigenvalue weighted by molar-refractivity contribution is 5.74. The van der Waals surface area contributed by atoms with Crippen LogP contribution in [0.3, 0.4) is 0 Å². The summed E-state index contributed by atoms with van der Waals surface area (Å²) in [5.41, 5.74) is 0. The van der Waals surface area contributed by atoms with Gasteiger partial charge in [0.25, 0.3) is 0 Å². The molecule has 0 spiro atoms. The molecule has 2 fully saturated rings. The first-order valence-corrected chi connectivity index (χ1v) is 6.25. The Morgan fingerprint density at radius 2 is 1.56 bits per heavy atom. The number of piperidine rings is 2. The summed E-state index contributed by atoms with van der Waals surface area (Å²) in [7, 11) is 0. The van der Waals surface area contributed by atoms with E-state index >= 15 is 0 Å². The lowest BCUT2D eigenvalue weighted by molar-refractivity contribution is 0.130. The topological polar surface area (TPSA) is 47.3 Å². The number of carbonyl (C=O) groups is 1. The molecule has 0 aromatic rings. The molecule has 2 rings (SSSR count). The molecule has 0 radical (unpaired) electrons. The van der Waals surface area contributed by atoms with E-state index in [1.165, 1.54) is 6.42 Å². The van der Waals surface area contributed by atoms with Crippen molar-refractivity contribution in [1.82, 2.24) is 9.80 Å². The van der Waals surface area contributed by atoms with Crippen molar-refractivity contribution >= 4 is 6.03 Å². The van der Waals surface area contributed by atoms with Crippen LogP contribution >= 0.6 is 0 Å².